The van der Waals surface area contributed by atoms with Gasteiger partial charge in [0.1, 0.15) is 5.82 Å². The van der Waals surface area contributed by atoms with Crippen molar-refractivity contribution in [3.8, 4) is 0 Å². The van der Waals surface area contributed by atoms with Crippen LogP contribution in [0, 0.1) is 0 Å². The maximum absolute atomic E-state index is 12.4. The van der Waals surface area contributed by atoms with Gasteiger partial charge in [-0.2, -0.15) is 0 Å². The van der Waals surface area contributed by atoms with E-state index in [1.54, 1.807) is 6.20 Å². The first kappa shape index (κ1) is 17.2. The second kappa shape index (κ2) is 8.01. The average molecular weight is 358 g/mol. The number of anilines is 2. The molecule has 0 aliphatic carbocycles. The van der Waals surface area contributed by atoms with Gasteiger partial charge in [0, 0.05) is 37.6 Å². The summed E-state index contributed by atoms with van der Waals surface area (Å²) in [5.41, 5.74) is 2.61. The molecular formula is C22H22N4O. The van der Waals surface area contributed by atoms with Crippen molar-refractivity contribution in [2.75, 3.05) is 29.9 Å². The number of piperazine rings is 1. The van der Waals surface area contributed by atoms with Gasteiger partial charge in [-0.3, -0.25) is 4.79 Å². The summed E-state index contributed by atoms with van der Waals surface area (Å²) in [5.74, 6) is 0.747. The molecule has 1 unspecified atom stereocenters. The minimum absolute atomic E-state index is 0.150. The molecule has 27 heavy (non-hydrogen) atoms. The zero-order valence-electron chi connectivity index (χ0n) is 15.0. The maximum atomic E-state index is 12.4. The highest BCUT2D eigenvalue weighted by atomic mass is 16.1. The van der Waals surface area contributed by atoms with Gasteiger partial charge in [0.2, 0.25) is 0 Å². The predicted octanol–water partition coefficient (Wildman–Crippen LogP) is 3.48. The quantitative estimate of drug-likeness (QED) is 0.750. The molecule has 2 aromatic carbocycles. The number of pyridine rings is 1. The standard InChI is InChI=1S/C22H22N4O/c27-22(25-19-9-5-2-6-10-19)18-11-12-21(24-15-18)26-14-13-23-20(16-26)17-7-3-1-4-8-17/h1-12,15,20,23H,13-14,16H2,(H,25,27). The number of carbonyl (C=O) groups is 1. The van der Waals surface area contributed by atoms with Crippen molar-refractivity contribution in [2.45, 2.75) is 6.04 Å². The zero-order valence-corrected chi connectivity index (χ0v) is 15.0. The molecule has 0 saturated carbocycles. The van der Waals surface area contributed by atoms with Crippen LogP contribution in [0.15, 0.2) is 79.0 Å². The van der Waals surface area contributed by atoms with Crippen molar-refractivity contribution in [2.24, 2.45) is 0 Å². The third kappa shape index (κ3) is 4.15. The SMILES string of the molecule is O=C(Nc1ccccc1)c1ccc(N2CCNC(c3ccccc3)C2)nc1. The third-order valence-electron chi connectivity index (χ3n) is 4.74. The first-order valence-electron chi connectivity index (χ1n) is 9.15. The van der Waals surface area contributed by atoms with E-state index in [1.807, 2.05) is 48.5 Å². The van der Waals surface area contributed by atoms with Gasteiger partial charge in [-0.15, -0.1) is 0 Å². The predicted molar refractivity (Wildman–Crippen MR) is 108 cm³/mol. The Morgan fingerprint density at radius 2 is 1.74 bits per heavy atom. The smallest absolute Gasteiger partial charge is 0.257 e. The summed E-state index contributed by atoms with van der Waals surface area (Å²) in [6.45, 7) is 2.65. The van der Waals surface area contributed by atoms with Crippen molar-refractivity contribution >= 4 is 17.4 Å². The molecule has 0 bridgehead atoms. The summed E-state index contributed by atoms with van der Waals surface area (Å²) in [5, 5.41) is 6.44. The monoisotopic (exact) mass is 358 g/mol. The number of carbonyl (C=O) groups excluding carboxylic acids is 1. The Morgan fingerprint density at radius 3 is 2.44 bits per heavy atom. The number of hydrogen-bond donors (Lipinski definition) is 2. The average Bonchev–Trinajstić information content (AvgIpc) is 2.75. The lowest BCUT2D eigenvalue weighted by Gasteiger charge is -2.34. The lowest BCUT2D eigenvalue weighted by atomic mass is 10.0. The first-order chi connectivity index (χ1) is 13.3. The van der Waals surface area contributed by atoms with E-state index in [0.717, 1.165) is 31.1 Å². The minimum atomic E-state index is -0.150. The van der Waals surface area contributed by atoms with Gasteiger partial charge in [-0.05, 0) is 29.8 Å². The number of nitrogens with zero attached hydrogens (tertiary/aromatic N) is 2. The van der Waals surface area contributed by atoms with Crippen molar-refractivity contribution < 1.29 is 4.79 Å². The molecule has 0 radical (unpaired) electrons. The van der Waals surface area contributed by atoms with Crippen LogP contribution in [0.4, 0.5) is 11.5 Å². The number of amides is 1. The summed E-state index contributed by atoms with van der Waals surface area (Å²) in [7, 11) is 0. The molecule has 3 aromatic rings. The Bertz CT molecular complexity index is 881. The van der Waals surface area contributed by atoms with Crippen molar-refractivity contribution in [3.05, 3.63) is 90.1 Å². The second-order valence-electron chi connectivity index (χ2n) is 6.59. The maximum Gasteiger partial charge on any atom is 0.257 e. The Balaban J connectivity index is 1.43. The van der Waals surface area contributed by atoms with Crippen LogP contribution in [-0.2, 0) is 0 Å². The molecule has 2 N–H and O–H groups in total. The Morgan fingerprint density at radius 1 is 1.00 bits per heavy atom. The van der Waals surface area contributed by atoms with E-state index in [4.69, 9.17) is 0 Å². The second-order valence-corrected chi connectivity index (χ2v) is 6.59. The summed E-state index contributed by atoms with van der Waals surface area (Å²) in [6.07, 6.45) is 1.65. The van der Waals surface area contributed by atoms with Gasteiger partial charge >= 0.3 is 0 Å². The summed E-state index contributed by atoms with van der Waals surface area (Å²) in [4.78, 5) is 19.2. The van der Waals surface area contributed by atoms with Gasteiger partial charge in [-0.25, -0.2) is 4.98 Å². The van der Waals surface area contributed by atoms with E-state index in [-0.39, 0.29) is 11.9 Å². The van der Waals surface area contributed by atoms with Crippen LogP contribution >= 0.6 is 0 Å². The van der Waals surface area contributed by atoms with Crippen LogP contribution in [0.25, 0.3) is 0 Å². The largest absolute Gasteiger partial charge is 0.353 e. The molecule has 1 aliphatic heterocycles. The lowest BCUT2D eigenvalue weighted by Crippen LogP contribution is -2.46. The molecule has 1 saturated heterocycles. The topological polar surface area (TPSA) is 57.3 Å². The molecule has 5 heteroatoms. The van der Waals surface area contributed by atoms with E-state index >= 15 is 0 Å². The van der Waals surface area contributed by atoms with Crippen molar-refractivity contribution in [3.63, 3.8) is 0 Å². The Hall–Kier alpha value is -3.18. The number of hydrogen-bond acceptors (Lipinski definition) is 4. The molecule has 5 nitrogen and oxygen atoms in total. The number of nitrogens with one attached hydrogen (secondary N) is 2. The van der Waals surface area contributed by atoms with Gasteiger partial charge < -0.3 is 15.5 Å². The molecule has 2 heterocycles. The highest BCUT2D eigenvalue weighted by Crippen LogP contribution is 2.21. The van der Waals surface area contributed by atoms with Crippen LogP contribution in [-0.4, -0.2) is 30.5 Å². The number of aromatic nitrogens is 1. The van der Waals surface area contributed by atoms with E-state index < -0.39 is 0 Å². The third-order valence-corrected chi connectivity index (χ3v) is 4.74. The number of rotatable bonds is 4. The van der Waals surface area contributed by atoms with Crippen LogP contribution in [0.2, 0.25) is 0 Å². The van der Waals surface area contributed by atoms with Crippen LogP contribution in [0.5, 0.6) is 0 Å². The number of benzene rings is 2. The van der Waals surface area contributed by atoms with E-state index in [2.05, 4.69) is 44.8 Å². The van der Waals surface area contributed by atoms with Crippen LogP contribution in [0.1, 0.15) is 22.0 Å². The molecule has 1 atom stereocenters. The number of para-hydroxylation sites is 1. The van der Waals surface area contributed by atoms with E-state index in [0.29, 0.717) is 5.56 Å². The molecule has 1 aromatic heterocycles. The van der Waals surface area contributed by atoms with E-state index in [9.17, 15) is 4.79 Å². The van der Waals surface area contributed by atoms with Crippen LogP contribution < -0.4 is 15.5 Å². The first-order valence-corrected chi connectivity index (χ1v) is 9.15. The highest BCUT2D eigenvalue weighted by molar-refractivity contribution is 6.04. The van der Waals surface area contributed by atoms with Gasteiger partial charge in [0.25, 0.3) is 5.91 Å². The molecule has 1 fully saturated rings. The van der Waals surface area contributed by atoms with E-state index in [1.165, 1.54) is 5.56 Å². The molecular weight excluding hydrogens is 336 g/mol. The molecule has 4 rings (SSSR count). The normalized spacial score (nSPS) is 16.7. The zero-order chi connectivity index (χ0) is 18.5. The van der Waals surface area contributed by atoms with Gasteiger partial charge in [-0.1, -0.05) is 48.5 Å². The fourth-order valence-corrected chi connectivity index (χ4v) is 3.30. The molecule has 1 aliphatic rings. The summed E-state index contributed by atoms with van der Waals surface area (Å²) >= 11 is 0. The van der Waals surface area contributed by atoms with Crippen LogP contribution in [0.3, 0.4) is 0 Å². The molecule has 0 spiro atoms. The summed E-state index contributed by atoms with van der Waals surface area (Å²) in [6, 6.07) is 23.9. The summed E-state index contributed by atoms with van der Waals surface area (Å²) < 4.78 is 0. The minimum Gasteiger partial charge on any atom is -0.353 e. The van der Waals surface area contributed by atoms with Crippen molar-refractivity contribution in [1.82, 2.24) is 10.3 Å². The van der Waals surface area contributed by atoms with Gasteiger partial charge in [0.15, 0.2) is 0 Å². The molecule has 1 amide bonds. The fraction of sp³-hybridized carbons (Fsp3) is 0.182. The Kier molecular flexibility index (Phi) is 5.12. The van der Waals surface area contributed by atoms with Crippen molar-refractivity contribution in [1.29, 1.82) is 0 Å². The van der Waals surface area contributed by atoms with Gasteiger partial charge in [0.05, 0.1) is 5.56 Å². The fourth-order valence-electron chi connectivity index (χ4n) is 3.30. The highest BCUT2D eigenvalue weighted by Gasteiger charge is 2.21. The lowest BCUT2D eigenvalue weighted by molar-refractivity contribution is 0.102. The Labute approximate surface area is 159 Å². The molecule has 136 valence electrons.